The third kappa shape index (κ3) is 8.90. The number of ether oxygens (including phenoxy) is 4. The summed E-state index contributed by atoms with van der Waals surface area (Å²) in [6.45, 7) is 9.82. The molecule has 0 saturated carbocycles. The van der Waals surface area contributed by atoms with Gasteiger partial charge >= 0.3 is 5.97 Å². The average molecular weight is 567 g/mol. The van der Waals surface area contributed by atoms with Crippen LogP contribution in [0.3, 0.4) is 0 Å². The molecule has 0 radical (unpaired) electrons. The van der Waals surface area contributed by atoms with Gasteiger partial charge < -0.3 is 29.0 Å². The molecule has 0 saturated heterocycles. The Balaban J connectivity index is 2.10. The van der Waals surface area contributed by atoms with Gasteiger partial charge in [-0.2, -0.15) is 0 Å². The summed E-state index contributed by atoms with van der Waals surface area (Å²) in [5.74, 6) is 0.950. The third-order valence-electron chi connectivity index (χ3n) is 6.92. The van der Waals surface area contributed by atoms with E-state index in [4.69, 9.17) is 23.9 Å². The molecule has 1 aliphatic heterocycles. The van der Waals surface area contributed by atoms with Crippen LogP contribution in [-0.2, 0) is 22.5 Å². The first-order chi connectivity index (χ1) is 19.6. The fourth-order valence-corrected chi connectivity index (χ4v) is 4.87. The number of cyclic esters (lactones) is 1. The van der Waals surface area contributed by atoms with Crippen molar-refractivity contribution in [2.75, 3.05) is 34.5 Å². The number of benzene rings is 2. The lowest BCUT2D eigenvalue weighted by Gasteiger charge is -2.27. The van der Waals surface area contributed by atoms with Crippen LogP contribution in [0.1, 0.15) is 70.9 Å². The Morgan fingerprint density at radius 2 is 1.56 bits per heavy atom. The van der Waals surface area contributed by atoms with Crippen LogP contribution in [0.25, 0.3) is 0 Å². The number of carbonyl (C=O) groups is 1. The minimum Gasteiger partial charge on any atom is -0.508 e. The molecule has 41 heavy (non-hydrogen) atoms. The molecule has 8 heteroatoms. The van der Waals surface area contributed by atoms with Crippen LogP contribution in [-0.4, -0.2) is 56.3 Å². The Labute approximate surface area is 245 Å². The van der Waals surface area contributed by atoms with E-state index >= 15 is 0 Å². The average Bonchev–Trinajstić information content (AvgIpc) is 3.28. The van der Waals surface area contributed by atoms with Crippen LogP contribution in [0.4, 0.5) is 5.69 Å². The van der Waals surface area contributed by atoms with Gasteiger partial charge in [-0.15, -0.1) is 0 Å². The molecule has 8 nitrogen and oxygen atoms in total. The summed E-state index contributed by atoms with van der Waals surface area (Å²) >= 11 is 0. The highest BCUT2D eigenvalue weighted by Gasteiger charge is 2.33. The van der Waals surface area contributed by atoms with E-state index in [9.17, 15) is 9.90 Å². The highest BCUT2D eigenvalue weighted by molar-refractivity contribution is 6.21. The van der Waals surface area contributed by atoms with E-state index in [0.29, 0.717) is 41.9 Å². The van der Waals surface area contributed by atoms with Crippen molar-refractivity contribution in [1.29, 1.82) is 0 Å². The van der Waals surface area contributed by atoms with Crippen LogP contribution in [0.2, 0.25) is 0 Å². The molecule has 0 atom stereocenters. The van der Waals surface area contributed by atoms with E-state index in [1.807, 2.05) is 4.90 Å². The first-order valence-corrected chi connectivity index (χ1v) is 14.4. The van der Waals surface area contributed by atoms with Crippen molar-refractivity contribution in [3.05, 3.63) is 58.9 Å². The molecule has 0 bridgehead atoms. The number of rotatable bonds is 14. The summed E-state index contributed by atoms with van der Waals surface area (Å²) in [7, 11) is 4.64. The minimum absolute atomic E-state index is 0.0582. The SMILES string of the molecule is CCCCCCCN(Cc1ccc(CC(C)(C)C)cc1)C(=Nc1c(OC)cc(OC)cc1OC)C1=C(O)COC1=O. The molecule has 0 spiro atoms. The number of carbonyl (C=O) groups excluding carboxylic acids is 1. The van der Waals surface area contributed by atoms with E-state index in [0.717, 1.165) is 37.7 Å². The van der Waals surface area contributed by atoms with Crippen LogP contribution in [0, 0.1) is 5.41 Å². The zero-order valence-electron chi connectivity index (χ0n) is 25.7. The Morgan fingerprint density at radius 1 is 0.951 bits per heavy atom. The number of hydrogen-bond acceptors (Lipinski definition) is 7. The van der Waals surface area contributed by atoms with Gasteiger partial charge in [-0.3, -0.25) is 0 Å². The Hall–Kier alpha value is -3.68. The predicted octanol–water partition coefficient (Wildman–Crippen LogP) is 7.17. The van der Waals surface area contributed by atoms with Crippen LogP contribution >= 0.6 is 0 Å². The fraction of sp³-hybridized carbons (Fsp3) is 0.515. The number of methoxy groups -OCH3 is 3. The number of aliphatic hydroxyl groups is 1. The zero-order valence-corrected chi connectivity index (χ0v) is 25.7. The van der Waals surface area contributed by atoms with E-state index < -0.39 is 5.97 Å². The summed E-state index contributed by atoms with van der Waals surface area (Å²) < 4.78 is 21.9. The number of nitrogens with zero attached hydrogens (tertiary/aromatic N) is 2. The van der Waals surface area contributed by atoms with Crippen molar-refractivity contribution in [1.82, 2.24) is 4.90 Å². The van der Waals surface area contributed by atoms with Gasteiger partial charge in [-0.25, -0.2) is 9.79 Å². The smallest absolute Gasteiger partial charge is 0.345 e. The lowest BCUT2D eigenvalue weighted by molar-refractivity contribution is -0.135. The Bertz CT molecular complexity index is 1200. The highest BCUT2D eigenvalue weighted by Crippen LogP contribution is 2.42. The van der Waals surface area contributed by atoms with Gasteiger partial charge in [0.05, 0.1) is 21.3 Å². The van der Waals surface area contributed by atoms with Crippen molar-refractivity contribution in [3.63, 3.8) is 0 Å². The summed E-state index contributed by atoms with van der Waals surface area (Å²) in [6.07, 6.45) is 6.39. The van der Waals surface area contributed by atoms with Gasteiger partial charge in [0, 0.05) is 25.2 Å². The van der Waals surface area contributed by atoms with Crippen LogP contribution in [0.15, 0.2) is 52.7 Å². The molecule has 0 fully saturated rings. The van der Waals surface area contributed by atoms with E-state index in [1.54, 1.807) is 19.2 Å². The second-order valence-corrected chi connectivity index (χ2v) is 11.6. The maximum atomic E-state index is 12.9. The summed E-state index contributed by atoms with van der Waals surface area (Å²) in [6, 6.07) is 12.0. The van der Waals surface area contributed by atoms with Gasteiger partial charge in [-0.1, -0.05) is 77.6 Å². The number of hydrogen-bond donors (Lipinski definition) is 1. The molecule has 2 aromatic rings. The molecule has 0 unspecified atom stereocenters. The molecule has 0 amide bonds. The first-order valence-electron chi connectivity index (χ1n) is 14.4. The number of esters is 1. The molecular weight excluding hydrogens is 520 g/mol. The van der Waals surface area contributed by atoms with Crippen molar-refractivity contribution in [2.45, 2.75) is 72.8 Å². The normalized spacial score (nSPS) is 13.8. The maximum Gasteiger partial charge on any atom is 0.345 e. The molecule has 2 aromatic carbocycles. The monoisotopic (exact) mass is 566 g/mol. The summed E-state index contributed by atoms with van der Waals surface area (Å²) in [4.78, 5) is 19.9. The van der Waals surface area contributed by atoms with E-state index in [-0.39, 0.29) is 23.4 Å². The number of aliphatic hydroxyl groups excluding tert-OH is 1. The Kier molecular flexibility index (Phi) is 11.5. The molecular formula is C33H46N2O6. The molecule has 1 N–H and O–H groups in total. The topological polar surface area (TPSA) is 89.8 Å². The summed E-state index contributed by atoms with van der Waals surface area (Å²) in [5.41, 5.74) is 2.98. The number of unbranched alkanes of at least 4 members (excludes halogenated alkanes) is 4. The number of aliphatic imine (C=N–C) groups is 1. The van der Waals surface area contributed by atoms with Gasteiger partial charge in [0.2, 0.25) is 0 Å². The Morgan fingerprint density at radius 3 is 2.07 bits per heavy atom. The van der Waals surface area contributed by atoms with E-state index in [1.165, 1.54) is 26.2 Å². The molecule has 0 aromatic heterocycles. The molecule has 1 aliphatic rings. The molecule has 224 valence electrons. The van der Waals surface area contributed by atoms with Crippen molar-refractivity contribution in [2.24, 2.45) is 10.4 Å². The van der Waals surface area contributed by atoms with Gasteiger partial charge in [0.25, 0.3) is 0 Å². The second kappa shape index (κ2) is 14.8. The lowest BCUT2D eigenvalue weighted by Crippen LogP contribution is -2.35. The quantitative estimate of drug-likeness (QED) is 0.112. The standard InChI is InChI=1S/C33H46N2O6/c1-8-9-10-11-12-17-35(21-24-15-13-23(14-16-24)20-33(2,3)4)31(29-26(36)22-41-32(29)37)34-30-27(39-6)18-25(38-5)19-28(30)40-7/h13-16,18-19,36H,8-12,17,20-22H2,1-7H3. The third-order valence-corrected chi connectivity index (χ3v) is 6.92. The number of amidine groups is 1. The molecule has 1 heterocycles. The molecule has 3 rings (SSSR count). The van der Waals surface area contributed by atoms with Crippen molar-refractivity contribution >= 4 is 17.5 Å². The fourth-order valence-electron chi connectivity index (χ4n) is 4.87. The van der Waals surface area contributed by atoms with Crippen molar-refractivity contribution < 1.29 is 28.8 Å². The zero-order chi connectivity index (χ0) is 30.0. The second-order valence-electron chi connectivity index (χ2n) is 11.6. The lowest BCUT2D eigenvalue weighted by atomic mass is 9.88. The maximum absolute atomic E-state index is 12.9. The first kappa shape index (κ1) is 31.8. The van der Waals surface area contributed by atoms with Crippen LogP contribution < -0.4 is 14.2 Å². The summed E-state index contributed by atoms with van der Waals surface area (Å²) in [5, 5.41) is 10.8. The predicted molar refractivity (Wildman–Crippen MR) is 163 cm³/mol. The minimum atomic E-state index is -0.607. The largest absolute Gasteiger partial charge is 0.508 e. The van der Waals surface area contributed by atoms with Gasteiger partial charge in [0.15, 0.2) is 11.5 Å². The van der Waals surface area contributed by atoms with E-state index in [2.05, 4.69) is 52.0 Å². The van der Waals surface area contributed by atoms with Gasteiger partial charge in [-0.05, 0) is 29.4 Å². The highest BCUT2D eigenvalue weighted by atomic mass is 16.5. The van der Waals surface area contributed by atoms with Crippen molar-refractivity contribution in [3.8, 4) is 17.2 Å². The van der Waals surface area contributed by atoms with Crippen LogP contribution in [0.5, 0.6) is 17.2 Å². The van der Waals surface area contributed by atoms with Gasteiger partial charge in [0.1, 0.15) is 35.2 Å². The molecule has 0 aliphatic carbocycles.